The van der Waals surface area contributed by atoms with Gasteiger partial charge in [0.2, 0.25) is 0 Å². The van der Waals surface area contributed by atoms with E-state index in [2.05, 4.69) is 17.0 Å². The van der Waals surface area contributed by atoms with E-state index in [1.807, 2.05) is 54.6 Å². The fraction of sp³-hybridized carbons (Fsp3) is 0.100. The molecule has 0 bridgehead atoms. The number of carbonyl (C=O) groups is 2. The van der Waals surface area contributed by atoms with Crippen LogP contribution in [0.4, 0.5) is 4.79 Å². The molecule has 0 unspecified atom stereocenters. The van der Waals surface area contributed by atoms with Crippen LogP contribution in [0.3, 0.4) is 0 Å². The molecule has 28 heavy (non-hydrogen) atoms. The van der Waals surface area contributed by atoms with Crippen LogP contribution in [0.1, 0.15) is 0 Å². The van der Waals surface area contributed by atoms with Gasteiger partial charge in [0.25, 0.3) is 16.7 Å². The lowest BCUT2D eigenvalue weighted by molar-refractivity contribution is -0.115. The highest BCUT2D eigenvalue weighted by molar-refractivity contribution is 8.18. The van der Waals surface area contributed by atoms with E-state index in [9.17, 15) is 14.4 Å². The number of nitrogens with one attached hydrogen (secondary N) is 1. The molecule has 0 aliphatic carbocycles. The number of hydrogen-bond donors (Lipinski definition) is 1. The van der Waals surface area contributed by atoms with Crippen LogP contribution in [0.5, 0.6) is 5.75 Å². The summed E-state index contributed by atoms with van der Waals surface area (Å²) in [5.41, 5.74) is -0.0836. The summed E-state index contributed by atoms with van der Waals surface area (Å²) in [4.78, 5) is 33.1. The standard InChI is InChI=1S/C16H14N2O2.C4H3NO2S/c19-16-15-9-5-4-6-13(15)12-17-18(16)10-11-20-14-7-2-1-3-8-14;1-2-3(6)5-4(7)8-2/h1-9,12H,10-11H2;1H2,(H,5,6,7). The molecule has 1 aliphatic heterocycles. The Kier molecular flexibility index (Phi) is 6.23. The number of imide groups is 1. The van der Waals surface area contributed by atoms with Gasteiger partial charge in [-0.1, -0.05) is 43.0 Å². The van der Waals surface area contributed by atoms with Crippen molar-refractivity contribution in [1.82, 2.24) is 15.1 Å². The minimum atomic E-state index is -0.375. The van der Waals surface area contributed by atoms with Gasteiger partial charge in [-0.15, -0.1) is 0 Å². The summed E-state index contributed by atoms with van der Waals surface area (Å²) < 4.78 is 7.01. The second-order valence-corrected chi connectivity index (χ2v) is 6.76. The second-order valence-electron chi connectivity index (χ2n) is 5.69. The smallest absolute Gasteiger partial charge is 0.290 e. The third-order valence-electron chi connectivity index (χ3n) is 3.76. The normalized spacial score (nSPS) is 13.1. The number of carbonyl (C=O) groups excluding carboxylic acids is 2. The van der Waals surface area contributed by atoms with E-state index in [1.165, 1.54) is 4.68 Å². The van der Waals surface area contributed by atoms with Crippen molar-refractivity contribution < 1.29 is 14.3 Å². The van der Waals surface area contributed by atoms with Crippen LogP contribution < -0.4 is 15.6 Å². The van der Waals surface area contributed by atoms with Crippen LogP contribution >= 0.6 is 11.8 Å². The second kappa shape index (κ2) is 9.01. The summed E-state index contributed by atoms with van der Waals surface area (Å²) in [6.45, 7) is 4.16. The number of rotatable bonds is 4. The first-order valence-corrected chi connectivity index (χ1v) is 9.21. The van der Waals surface area contributed by atoms with Gasteiger partial charge in [0, 0.05) is 5.39 Å². The molecular weight excluding hydrogens is 378 g/mol. The first-order chi connectivity index (χ1) is 13.5. The molecule has 8 heteroatoms. The van der Waals surface area contributed by atoms with Gasteiger partial charge >= 0.3 is 0 Å². The average Bonchev–Trinajstić information content (AvgIpc) is 3.00. The molecule has 1 saturated heterocycles. The molecule has 2 amide bonds. The Morgan fingerprint density at radius 1 is 1.04 bits per heavy atom. The monoisotopic (exact) mass is 395 g/mol. The topological polar surface area (TPSA) is 90.3 Å². The first-order valence-electron chi connectivity index (χ1n) is 8.39. The van der Waals surface area contributed by atoms with E-state index in [-0.39, 0.29) is 21.6 Å². The average molecular weight is 395 g/mol. The van der Waals surface area contributed by atoms with Gasteiger partial charge in [0.05, 0.1) is 23.0 Å². The Balaban J connectivity index is 0.000000236. The maximum Gasteiger partial charge on any atom is 0.290 e. The summed E-state index contributed by atoms with van der Waals surface area (Å²) in [5.74, 6) is 0.418. The molecule has 2 aromatic carbocycles. The lowest BCUT2D eigenvalue weighted by atomic mass is 10.2. The van der Waals surface area contributed by atoms with Crippen LogP contribution in [-0.2, 0) is 11.3 Å². The molecule has 2 heterocycles. The van der Waals surface area contributed by atoms with Gasteiger partial charge in [-0.05, 0) is 30.0 Å². The molecular formula is C20H17N3O4S. The van der Waals surface area contributed by atoms with Crippen LogP contribution in [-0.4, -0.2) is 27.5 Å². The summed E-state index contributed by atoms with van der Waals surface area (Å²) in [6, 6.07) is 17.0. The minimum Gasteiger partial charge on any atom is -0.492 e. The van der Waals surface area contributed by atoms with Gasteiger partial charge in [-0.2, -0.15) is 5.10 Å². The number of benzene rings is 2. The summed E-state index contributed by atoms with van der Waals surface area (Å²) in [5, 5.41) is 7.42. The SMILES string of the molecule is C=C1SC(=O)NC1=O.O=c1c2ccccc2cnn1CCOc1ccccc1. The van der Waals surface area contributed by atoms with Gasteiger partial charge in [0.1, 0.15) is 12.4 Å². The van der Waals surface area contributed by atoms with Crippen molar-refractivity contribution in [3.05, 3.63) is 82.6 Å². The number of hydrogen-bond acceptors (Lipinski definition) is 6. The maximum atomic E-state index is 12.2. The van der Waals surface area contributed by atoms with Crippen molar-refractivity contribution in [2.24, 2.45) is 0 Å². The van der Waals surface area contributed by atoms with E-state index in [0.29, 0.717) is 18.5 Å². The fourth-order valence-electron chi connectivity index (χ4n) is 2.40. The number of fused-ring (bicyclic) bond motifs is 1. The molecule has 3 aromatic rings. The van der Waals surface area contributed by atoms with Gasteiger partial charge in [-0.25, -0.2) is 4.68 Å². The highest BCUT2D eigenvalue weighted by atomic mass is 32.2. The van der Waals surface area contributed by atoms with Crippen molar-refractivity contribution in [2.75, 3.05) is 6.61 Å². The summed E-state index contributed by atoms with van der Waals surface area (Å²) in [6.07, 6.45) is 1.71. The number of ether oxygens (including phenoxy) is 1. The molecule has 4 rings (SSSR count). The predicted octanol–water partition coefficient (Wildman–Crippen LogP) is 2.96. The van der Waals surface area contributed by atoms with Crippen LogP contribution in [0.2, 0.25) is 0 Å². The zero-order valence-corrected chi connectivity index (χ0v) is 15.6. The van der Waals surface area contributed by atoms with Crippen molar-refractivity contribution in [3.63, 3.8) is 0 Å². The lowest BCUT2D eigenvalue weighted by Crippen LogP contribution is -2.25. The number of para-hydroxylation sites is 1. The molecule has 1 fully saturated rings. The lowest BCUT2D eigenvalue weighted by Gasteiger charge is -2.08. The van der Waals surface area contributed by atoms with E-state index in [4.69, 9.17) is 4.74 Å². The Labute approximate surface area is 165 Å². The molecule has 0 spiro atoms. The molecule has 0 saturated carbocycles. The molecule has 1 N–H and O–H groups in total. The zero-order chi connectivity index (χ0) is 19.9. The highest BCUT2D eigenvalue weighted by Crippen LogP contribution is 2.19. The maximum absolute atomic E-state index is 12.2. The number of aromatic nitrogens is 2. The van der Waals surface area contributed by atoms with Crippen molar-refractivity contribution in [1.29, 1.82) is 0 Å². The number of amides is 2. The van der Waals surface area contributed by atoms with Crippen molar-refractivity contribution >= 4 is 33.7 Å². The van der Waals surface area contributed by atoms with Crippen molar-refractivity contribution in [2.45, 2.75) is 6.54 Å². The molecule has 7 nitrogen and oxygen atoms in total. The molecule has 0 atom stereocenters. The van der Waals surface area contributed by atoms with Gasteiger partial charge in [0.15, 0.2) is 0 Å². The molecule has 1 aromatic heterocycles. The molecule has 0 radical (unpaired) electrons. The minimum absolute atomic E-state index is 0.0836. The largest absolute Gasteiger partial charge is 0.492 e. The number of nitrogens with zero attached hydrogens (tertiary/aromatic N) is 2. The van der Waals surface area contributed by atoms with Crippen LogP contribution in [0.25, 0.3) is 10.8 Å². The Hall–Kier alpha value is -3.39. The van der Waals surface area contributed by atoms with E-state index in [1.54, 1.807) is 6.20 Å². The Morgan fingerprint density at radius 3 is 2.39 bits per heavy atom. The summed E-state index contributed by atoms with van der Waals surface area (Å²) >= 11 is 0.834. The highest BCUT2D eigenvalue weighted by Gasteiger charge is 2.22. The van der Waals surface area contributed by atoms with Crippen LogP contribution in [0.15, 0.2) is 77.1 Å². The third kappa shape index (κ3) is 4.86. The summed E-state index contributed by atoms with van der Waals surface area (Å²) in [7, 11) is 0. The first kappa shape index (κ1) is 19.4. The Bertz CT molecular complexity index is 1060. The Morgan fingerprint density at radius 2 is 1.75 bits per heavy atom. The predicted molar refractivity (Wildman–Crippen MR) is 108 cm³/mol. The quantitative estimate of drug-likeness (QED) is 0.683. The number of thioether (sulfide) groups is 1. The van der Waals surface area contributed by atoms with E-state index in [0.717, 1.165) is 22.9 Å². The van der Waals surface area contributed by atoms with Crippen LogP contribution in [0, 0.1) is 0 Å². The zero-order valence-electron chi connectivity index (χ0n) is 14.8. The molecule has 1 aliphatic rings. The third-order valence-corrected chi connectivity index (χ3v) is 4.48. The van der Waals surface area contributed by atoms with E-state index >= 15 is 0 Å². The van der Waals surface area contributed by atoms with Gasteiger partial charge in [-0.3, -0.25) is 19.7 Å². The van der Waals surface area contributed by atoms with E-state index < -0.39 is 0 Å². The van der Waals surface area contributed by atoms with Gasteiger partial charge < -0.3 is 4.74 Å². The van der Waals surface area contributed by atoms with Crippen molar-refractivity contribution in [3.8, 4) is 5.75 Å². The molecule has 142 valence electrons. The fourth-order valence-corrected chi connectivity index (χ4v) is 2.91.